The summed E-state index contributed by atoms with van der Waals surface area (Å²) < 4.78 is 0. The van der Waals surface area contributed by atoms with E-state index in [1.165, 1.54) is 5.56 Å². The van der Waals surface area contributed by atoms with E-state index < -0.39 is 0 Å². The number of aromatic nitrogens is 2. The summed E-state index contributed by atoms with van der Waals surface area (Å²) in [5.74, 6) is 0. The molecule has 4 heterocycles. The van der Waals surface area contributed by atoms with Crippen LogP contribution < -0.4 is 10.7 Å². The van der Waals surface area contributed by atoms with Gasteiger partial charge in [-0.1, -0.05) is 0 Å². The molecule has 3 aromatic rings. The molecule has 0 bridgehead atoms. The Kier molecular flexibility index (Phi) is 4.28. The second-order valence-corrected chi connectivity index (χ2v) is 8.31. The van der Waals surface area contributed by atoms with Crippen LogP contribution in [-0.2, 0) is 19.5 Å². The number of benzene rings is 1. The molecule has 7 nitrogen and oxygen atoms in total. The van der Waals surface area contributed by atoms with E-state index in [0.29, 0.717) is 13.1 Å². The average molecular weight is 404 g/mol. The quantitative estimate of drug-likeness (QED) is 0.689. The van der Waals surface area contributed by atoms with E-state index in [4.69, 9.17) is 0 Å². The Bertz CT molecular complexity index is 1150. The predicted molar refractivity (Wildman–Crippen MR) is 114 cm³/mol. The summed E-state index contributed by atoms with van der Waals surface area (Å²) >= 11 is 1.58. The summed E-state index contributed by atoms with van der Waals surface area (Å²) in [6.45, 7) is 5.02. The molecular weight excluding hydrogens is 384 g/mol. The van der Waals surface area contributed by atoms with Crippen LogP contribution in [0, 0.1) is 13.8 Å². The normalized spacial score (nSPS) is 15.2. The van der Waals surface area contributed by atoms with Crippen LogP contribution in [0.2, 0.25) is 0 Å². The van der Waals surface area contributed by atoms with Gasteiger partial charge in [0.2, 0.25) is 0 Å². The monoisotopic (exact) mass is 404 g/mol. The fraction of sp³-hybridized carbons (Fsp3) is 0.238. The molecule has 146 valence electrons. The number of aryl methyl sites for hydroxylation is 2. The van der Waals surface area contributed by atoms with Crippen LogP contribution in [0.3, 0.4) is 0 Å². The molecule has 0 saturated heterocycles. The number of urea groups is 1. The highest BCUT2D eigenvalue weighted by Gasteiger charge is 2.26. The molecule has 2 N–H and O–H groups in total. The zero-order valence-electron chi connectivity index (χ0n) is 16.2. The van der Waals surface area contributed by atoms with Gasteiger partial charge in [-0.2, -0.15) is 5.10 Å². The molecule has 1 aromatic carbocycles. The fourth-order valence-electron chi connectivity index (χ4n) is 3.67. The van der Waals surface area contributed by atoms with E-state index in [1.807, 2.05) is 43.6 Å². The lowest BCUT2D eigenvalue weighted by Gasteiger charge is -2.30. The van der Waals surface area contributed by atoms with Crippen molar-refractivity contribution in [2.75, 3.05) is 10.7 Å². The number of hydrogen-bond acceptors (Lipinski definition) is 6. The van der Waals surface area contributed by atoms with E-state index in [-0.39, 0.29) is 6.03 Å². The number of anilines is 2. The minimum atomic E-state index is -0.0995. The maximum atomic E-state index is 12.5. The molecule has 2 aliphatic rings. The van der Waals surface area contributed by atoms with Crippen molar-refractivity contribution in [3.8, 4) is 0 Å². The van der Waals surface area contributed by atoms with Crippen molar-refractivity contribution in [3.05, 3.63) is 68.9 Å². The lowest BCUT2D eigenvalue weighted by Crippen LogP contribution is -2.38. The molecular formula is C21H20N6OS. The zero-order valence-corrected chi connectivity index (χ0v) is 17.0. The third kappa shape index (κ3) is 3.47. The highest BCUT2D eigenvalue weighted by atomic mass is 32.1. The van der Waals surface area contributed by atoms with Crippen LogP contribution in [0.1, 0.15) is 33.1 Å². The first-order valence-electron chi connectivity index (χ1n) is 9.43. The summed E-state index contributed by atoms with van der Waals surface area (Å²) in [5, 5.41) is 10.5. The van der Waals surface area contributed by atoms with Crippen LogP contribution in [0.25, 0.3) is 0 Å². The predicted octanol–water partition coefficient (Wildman–Crippen LogP) is 4.07. The summed E-state index contributed by atoms with van der Waals surface area (Å²) in [6.07, 6.45) is 2.54. The van der Waals surface area contributed by atoms with Gasteiger partial charge >= 0.3 is 6.03 Å². The van der Waals surface area contributed by atoms with Gasteiger partial charge in [-0.25, -0.2) is 9.78 Å². The Hall–Kier alpha value is -3.26. The lowest BCUT2D eigenvalue weighted by atomic mass is 9.96. The van der Waals surface area contributed by atoms with Crippen LogP contribution in [0.15, 0.2) is 40.9 Å². The number of nitrogens with one attached hydrogen (secondary N) is 2. The SMILES string of the molecule is Cc1cc(C2=NNc3cc4c(cc3C2)CN(Cc2nc(C)cs2)C(=O)N4)ccn1. The summed E-state index contributed by atoms with van der Waals surface area (Å²) in [6, 6.07) is 8.07. The van der Waals surface area contributed by atoms with Crippen molar-refractivity contribution < 1.29 is 4.79 Å². The average Bonchev–Trinajstić information content (AvgIpc) is 3.11. The molecule has 0 fully saturated rings. The molecule has 2 amide bonds. The van der Waals surface area contributed by atoms with Crippen molar-refractivity contribution in [3.63, 3.8) is 0 Å². The molecule has 2 aromatic heterocycles. The van der Waals surface area contributed by atoms with Crippen molar-refractivity contribution in [1.82, 2.24) is 14.9 Å². The number of carbonyl (C=O) groups is 1. The van der Waals surface area contributed by atoms with E-state index >= 15 is 0 Å². The van der Waals surface area contributed by atoms with E-state index in [9.17, 15) is 4.79 Å². The lowest BCUT2D eigenvalue weighted by molar-refractivity contribution is 0.204. The highest BCUT2D eigenvalue weighted by Crippen LogP contribution is 2.33. The number of pyridine rings is 1. The number of thiazole rings is 1. The molecule has 0 saturated carbocycles. The topological polar surface area (TPSA) is 82.5 Å². The Morgan fingerprint density at radius 1 is 1.14 bits per heavy atom. The Balaban J connectivity index is 1.40. The summed E-state index contributed by atoms with van der Waals surface area (Å²) in [4.78, 5) is 23.1. The molecule has 29 heavy (non-hydrogen) atoms. The first kappa shape index (κ1) is 17.8. The maximum Gasteiger partial charge on any atom is 0.322 e. The standard InChI is InChI=1S/C21H20N6OS/c1-12-5-14(3-4-22-12)18-7-15-6-16-9-27(10-20-23-13(2)11-29-20)21(28)24-17(16)8-19(15)26-25-18/h3-6,8,11,26H,7,9-10H2,1-2H3,(H,24,28). The molecule has 0 radical (unpaired) electrons. The third-order valence-corrected chi connectivity index (χ3v) is 6.06. The smallest absolute Gasteiger partial charge is 0.313 e. The molecule has 0 spiro atoms. The number of fused-ring (bicyclic) bond motifs is 2. The van der Waals surface area contributed by atoms with Gasteiger partial charge in [-0.3, -0.25) is 10.4 Å². The second kappa shape index (κ2) is 6.97. The number of nitrogens with zero attached hydrogens (tertiary/aromatic N) is 4. The zero-order chi connectivity index (χ0) is 20.0. The number of rotatable bonds is 3. The first-order valence-corrected chi connectivity index (χ1v) is 10.3. The fourth-order valence-corrected chi connectivity index (χ4v) is 4.46. The minimum Gasteiger partial charge on any atom is -0.313 e. The van der Waals surface area contributed by atoms with Crippen molar-refractivity contribution >= 4 is 34.5 Å². The number of carbonyl (C=O) groups excluding carboxylic acids is 1. The molecule has 2 aliphatic heterocycles. The summed E-state index contributed by atoms with van der Waals surface area (Å²) in [5.41, 5.74) is 11.2. The number of hydrogen-bond donors (Lipinski definition) is 2. The maximum absolute atomic E-state index is 12.5. The minimum absolute atomic E-state index is 0.0995. The molecule has 0 aliphatic carbocycles. The van der Waals surface area contributed by atoms with Gasteiger partial charge in [-0.15, -0.1) is 11.3 Å². The van der Waals surface area contributed by atoms with Crippen molar-refractivity contribution in [2.45, 2.75) is 33.4 Å². The van der Waals surface area contributed by atoms with Gasteiger partial charge in [0.25, 0.3) is 0 Å². The van der Waals surface area contributed by atoms with E-state index in [0.717, 1.165) is 51.0 Å². The second-order valence-electron chi connectivity index (χ2n) is 7.37. The Morgan fingerprint density at radius 2 is 2.03 bits per heavy atom. The largest absolute Gasteiger partial charge is 0.322 e. The van der Waals surface area contributed by atoms with Crippen LogP contribution >= 0.6 is 11.3 Å². The molecule has 0 atom stereocenters. The van der Waals surface area contributed by atoms with Crippen LogP contribution in [-0.4, -0.2) is 26.6 Å². The summed E-state index contributed by atoms with van der Waals surface area (Å²) in [7, 11) is 0. The van der Waals surface area contributed by atoms with Crippen LogP contribution in [0.5, 0.6) is 0 Å². The highest BCUT2D eigenvalue weighted by molar-refractivity contribution is 7.09. The van der Waals surface area contributed by atoms with Crippen molar-refractivity contribution in [1.29, 1.82) is 0 Å². The van der Waals surface area contributed by atoms with Gasteiger partial charge in [0.05, 0.1) is 17.9 Å². The van der Waals surface area contributed by atoms with E-state index in [1.54, 1.807) is 16.2 Å². The third-order valence-electron chi connectivity index (χ3n) is 5.11. The molecule has 5 rings (SSSR count). The first-order chi connectivity index (χ1) is 14.0. The van der Waals surface area contributed by atoms with Gasteiger partial charge in [-0.05, 0) is 49.2 Å². The Labute approximate surface area is 172 Å². The van der Waals surface area contributed by atoms with Gasteiger partial charge in [0.1, 0.15) is 5.01 Å². The number of amides is 2. The molecule has 8 heteroatoms. The van der Waals surface area contributed by atoms with E-state index in [2.05, 4.69) is 31.9 Å². The van der Waals surface area contributed by atoms with Gasteiger partial charge in [0, 0.05) is 47.2 Å². The number of hydrazone groups is 1. The molecule has 0 unspecified atom stereocenters. The van der Waals surface area contributed by atoms with Gasteiger partial charge in [0.15, 0.2) is 0 Å². The van der Waals surface area contributed by atoms with Gasteiger partial charge < -0.3 is 10.2 Å². The van der Waals surface area contributed by atoms with Crippen molar-refractivity contribution in [2.24, 2.45) is 5.10 Å². The van der Waals surface area contributed by atoms with Crippen LogP contribution in [0.4, 0.5) is 16.2 Å². The Morgan fingerprint density at radius 3 is 2.83 bits per heavy atom.